The Labute approximate surface area is 180 Å². The van der Waals surface area contributed by atoms with Crippen LogP contribution in [0.25, 0.3) is 22.1 Å². The monoisotopic (exact) mass is 417 g/mol. The van der Waals surface area contributed by atoms with E-state index < -0.39 is 0 Å². The summed E-state index contributed by atoms with van der Waals surface area (Å²) in [6.45, 7) is 8.45. The molecule has 0 spiro atoms. The minimum atomic E-state index is -0.0168. The van der Waals surface area contributed by atoms with Crippen LogP contribution < -0.4 is 10.5 Å². The van der Waals surface area contributed by atoms with Crippen molar-refractivity contribution in [1.29, 1.82) is 0 Å². The first-order valence-corrected chi connectivity index (χ1v) is 10.7. The van der Waals surface area contributed by atoms with Crippen molar-refractivity contribution in [3.05, 3.63) is 58.8 Å². The lowest BCUT2D eigenvalue weighted by Gasteiger charge is -2.47. The molecule has 5 rings (SSSR count). The number of benzene rings is 1. The first-order valence-electron chi connectivity index (χ1n) is 10.7. The SMILES string of the molecule is CC(c1ccc2nccnc2c1)N1C[C@H](C)N(c2cc(=O)n(C)c3cn[nH]c23)C[C@H]1C. The van der Waals surface area contributed by atoms with E-state index in [4.69, 9.17) is 0 Å². The zero-order chi connectivity index (χ0) is 21.7. The molecule has 1 fully saturated rings. The molecule has 160 valence electrons. The predicted octanol–water partition coefficient (Wildman–Crippen LogP) is 2.87. The van der Waals surface area contributed by atoms with Gasteiger partial charge in [0, 0.05) is 56.7 Å². The lowest BCUT2D eigenvalue weighted by atomic mass is 10.00. The van der Waals surface area contributed by atoms with Crippen LogP contribution in [0.1, 0.15) is 32.4 Å². The van der Waals surface area contributed by atoms with Gasteiger partial charge in [0.25, 0.3) is 5.56 Å². The molecule has 3 atom stereocenters. The van der Waals surface area contributed by atoms with Crippen molar-refractivity contribution in [2.45, 2.75) is 38.9 Å². The average Bonchev–Trinajstić information content (AvgIpc) is 3.27. The van der Waals surface area contributed by atoms with E-state index >= 15 is 0 Å². The van der Waals surface area contributed by atoms with Gasteiger partial charge in [-0.25, -0.2) is 0 Å². The standard InChI is InChI=1S/C23H27N7O/c1-14-13-30(20-10-22(31)28(4)21-11-26-27-23(20)21)15(2)12-29(14)16(3)17-5-6-18-19(9-17)25-8-7-24-18/h5-11,14-16H,12-13H2,1-4H3,(H,26,27)/t14-,15+,16?/m1/s1. The Bertz CT molecular complexity index is 1310. The van der Waals surface area contributed by atoms with Crippen LogP contribution in [0.4, 0.5) is 5.69 Å². The normalized spacial score (nSPS) is 21.1. The average molecular weight is 418 g/mol. The van der Waals surface area contributed by atoms with Crippen LogP contribution in [0.2, 0.25) is 0 Å². The molecular weight excluding hydrogens is 390 g/mol. The number of aromatic nitrogens is 5. The van der Waals surface area contributed by atoms with E-state index in [0.717, 1.165) is 40.8 Å². The second-order valence-electron chi connectivity index (χ2n) is 8.58. The molecule has 8 heteroatoms. The fraction of sp³-hybridized carbons (Fsp3) is 0.391. The minimum Gasteiger partial charge on any atom is -0.364 e. The summed E-state index contributed by atoms with van der Waals surface area (Å²) in [4.78, 5) is 26.2. The van der Waals surface area contributed by atoms with E-state index in [1.54, 1.807) is 36.3 Å². The first-order chi connectivity index (χ1) is 14.9. The molecule has 1 N–H and O–H groups in total. The van der Waals surface area contributed by atoms with Crippen LogP contribution in [-0.2, 0) is 7.05 Å². The number of anilines is 1. The third kappa shape index (κ3) is 3.27. The predicted molar refractivity (Wildman–Crippen MR) is 122 cm³/mol. The quantitative estimate of drug-likeness (QED) is 0.552. The summed E-state index contributed by atoms with van der Waals surface area (Å²) < 4.78 is 1.64. The van der Waals surface area contributed by atoms with Gasteiger partial charge in [-0.05, 0) is 38.5 Å². The summed E-state index contributed by atoms with van der Waals surface area (Å²) >= 11 is 0. The van der Waals surface area contributed by atoms with Gasteiger partial charge in [0.2, 0.25) is 0 Å². The molecule has 0 radical (unpaired) electrons. The minimum absolute atomic E-state index is 0.0168. The highest BCUT2D eigenvalue weighted by atomic mass is 16.1. The summed E-state index contributed by atoms with van der Waals surface area (Å²) in [6, 6.07) is 8.88. The van der Waals surface area contributed by atoms with Crippen molar-refractivity contribution in [1.82, 2.24) is 29.6 Å². The van der Waals surface area contributed by atoms with Gasteiger partial charge in [0.1, 0.15) is 5.52 Å². The maximum Gasteiger partial charge on any atom is 0.252 e. The van der Waals surface area contributed by atoms with Gasteiger partial charge < -0.3 is 9.47 Å². The fourth-order valence-electron chi connectivity index (χ4n) is 4.81. The molecule has 0 amide bonds. The number of aryl methyl sites for hydroxylation is 1. The van der Waals surface area contributed by atoms with Crippen LogP contribution in [0.15, 0.2) is 47.7 Å². The second-order valence-corrected chi connectivity index (χ2v) is 8.58. The molecule has 1 aromatic carbocycles. The number of rotatable bonds is 3. The van der Waals surface area contributed by atoms with Crippen LogP contribution in [0, 0.1) is 0 Å². The summed E-state index contributed by atoms with van der Waals surface area (Å²) in [7, 11) is 1.78. The molecule has 4 aromatic rings. The van der Waals surface area contributed by atoms with Crippen LogP contribution in [0.5, 0.6) is 0 Å². The molecule has 0 saturated carbocycles. The number of nitrogens with zero attached hydrogens (tertiary/aromatic N) is 6. The van der Waals surface area contributed by atoms with Crippen molar-refractivity contribution in [2.75, 3.05) is 18.0 Å². The number of fused-ring (bicyclic) bond motifs is 2. The number of hydrogen-bond acceptors (Lipinski definition) is 6. The van der Waals surface area contributed by atoms with E-state index in [2.05, 4.69) is 62.9 Å². The highest BCUT2D eigenvalue weighted by molar-refractivity contribution is 5.88. The van der Waals surface area contributed by atoms with Crippen molar-refractivity contribution in [3.8, 4) is 0 Å². The highest BCUT2D eigenvalue weighted by Gasteiger charge is 2.33. The van der Waals surface area contributed by atoms with Crippen LogP contribution in [-0.4, -0.2) is 54.8 Å². The van der Waals surface area contributed by atoms with Crippen molar-refractivity contribution in [2.24, 2.45) is 7.05 Å². The molecule has 1 unspecified atom stereocenters. The van der Waals surface area contributed by atoms with E-state index in [0.29, 0.717) is 6.04 Å². The second kappa shape index (κ2) is 7.46. The summed E-state index contributed by atoms with van der Waals surface area (Å²) in [5.41, 5.74) is 5.74. The molecule has 8 nitrogen and oxygen atoms in total. The Hall–Kier alpha value is -3.26. The summed E-state index contributed by atoms with van der Waals surface area (Å²) in [5.74, 6) is 0. The van der Waals surface area contributed by atoms with Crippen molar-refractivity contribution < 1.29 is 0 Å². The molecular formula is C23H27N7O. The fourth-order valence-corrected chi connectivity index (χ4v) is 4.81. The Morgan fingerprint density at radius 3 is 2.65 bits per heavy atom. The molecule has 31 heavy (non-hydrogen) atoms. The molecule has 0 bridgehead atoms. The van der Waals surface area contributed by atoms with Gasteiger partial charge in [-0.3, -0.25) is 24.8 Å². The first kappa shape index (κ1) is 19.7. The number of H-pyrrole nitrogens is 1. The van der Waals surface area contributed by atoms with Gasteiger partial charge in [-0.1, -0.05) is 6.07 Å². The number of piperazine rings is 1. The molecule has 4 heterocycles. The molecule has 1 aliphatic rings. The van der Waals surface area contributed by atoms with Gasteiger partial charge in [0.15, 0.2) is 0 Å². The molecule has 1 aliphatic heterocycles. The zero-order valence-corrected chi connectivity index (χ0v) is 18.3. The topological polar surface area (TPSA) is 82.9 Å². The molecule has 3 aromatic heterocycles. The number of hydrogen-bond donors (Lipinski definition) is 1. The smallest absolute Gasteiger partial charge is 0.252 e. The Balaban J connectivity index is 1.44. The lowest BCUT2D eigenvalue weighted by Crippen LogP contribution is -2.57. The summed E-state index contributed by atoms with van der Waals surface area (Å²) in [6.07, 6.45) is 5.18. The van der Waals surface area contributed by atoms with E-state index in [1.165, 1.54) is 5.56 Å². The molecule has 1 saturated heterocycles. The largest absolute Gasteiger partial charge is 0.364 e. The van der Waals surface area contributed by atoms with Crippen molar-refractivity contribution in [3.63, 3.8) is 0 Å². The Morgan fingerprint density at radius 1 is 1.06 bits per heavy atom. The van der Waals surface area contributed by atoms with E-state index in [9.17, 15) is 4.79 Å². The third-order valence-corrected chi connectivity index (χ3v) is 6.64. The maximum atomic E-state index is 12.5. The van der Waals surface area contributed by atoms with E-state index in [1.807, 2.05) is 6.07 Å². The Kier molecular flexibility index (Phi) is 4.74. The molecule has 0 aliphatic carbocycles. The van der Waals surface area contributed by atoms with E-state index in [-0.39, 0.29) is 17.6 Å². The Morgan fingerprint density at radius 2 is 1.84 bits per heavy atom. The van der Waals surface area contributed by atoms with Crippen LogP contribution in [0.3, 0.4) is 0 Å². The van der Waals surface area contributed by atoms with Gasteiger partial charge in [-0.2, -0.15) is 5.10 Å². The van der Waals surface area contributed by atoms with Gasteiger partial charge in [0.05, 0.1) is 28.4 Å². The summed E-state index contributed by atoms with van der Waals surface area (Å²) in [5, 5.41) is 7.27. The highest BCUT2D eigenvalue weighted by Crippen LogP contribution is 2.32. The van der Waals surface area contributed by atoms with Crippen molar-refractivity contribution >= 4 is 27.8 Å². The lowest BCUT2D eigenvalue weighted by molar-refractivity contribution is 0.119. The van der Waals surface area contributed by atoms with Crippen LogP contribution >= 0.6 is 0 Å². The number of pyridine rings is 1. The zero-order valence-electron chi connectivity index (χ0n) is 18.3. The van der Waals surface area contributed by atoms with Gasteiger partial charge in [-0.15, -0.1) is 0 Å². The van der Waals surface area contributed by atoms with Gasteiger partial charge >= 0.3 is 0 Å². The number of nitrogens with one attached hydrogen (secondary N) is 1. The number of aromatic amines is 1. The maximum absolute atomic E-state index is 12.5. The third-order valence-electron chi connectivity index (χ3n) is 6.64.